The Morgan fingerprint density at radius 1 is 1.15 bits per heavy atom. The zero-order valence-corrected chi connectivity index (χ0v) is 15.1. The highest BCUT2D eigenvalue weighted by Crippen LogP contribution is 2.43. The third-order valence-electron chi connectivity index (χ3n) is 4.67. The lowest BCUT2D eigenvalue weighted by Crippen LogP contribution is -2.13. The summed E-state index contributed by atoms with van der Waals surface area (Å²) in [6, 6.07) is 12.9. The molecule has 1 aliphatic rings. The van der Waals surface area contributed by atoms with Gasteiger partial charge >= 0.3 is 0 Å². The van der Waals surface area contributed by atoms with E-state index in [-0.39, 0.29) is 11.7 Å². The lowest BCUT2D eigenvalue weighted by molar-refractivity contribution is -0.116. The van der Waals surface area contributed by atoms with E-state index in [1.54, 1.807) is 13.2 Å². The van der Waals surface area contributed by atoms with E-state index >= 15 is 0 Å². The van der Waals surface area contributed by atoms with Gasteiger partial charge in [-0.05, 0) is 36.8 Å². The van der Waals surface area contributed by atoms with Crippen LogP contribution in [-0.4, -0.2) is 29.0 Å². The Morgan fingerprint density at radius 2 is 1.93 bits per heavy atom. The van der Waals surface area contributed by atoms with Crippen molar-refractivity contribution in [3.8, 4) is 28.3 Å². The number of H-pyrrole nitrogens is 1. The Labute approximate surface area is 156 Å². The number of rotatable bonds is 5. The van der Waals surface area contributed by atoms with Gasteiger partial charge in [-0.15, -0.1) is 0 Å². The first-order valence-corrected chi connectivity index (χ1v) is 8.84. The molecule has 6 nitrogen and oxygen atoms in total. The van der Waals surface area contributed by atoms with Gasteiger partial charge in [0.15, 0.2) is 5.78 Å². The van der Waals surface area contributed by atoms with Gasteiger partial charge in [-0.2, -0.15) is 5.10 Å². The Balaban J connectivity index is 1.76. The fourth-order valence-electron chi connectivity index (χ4n) is 3.39. The van der Waals surface area contributed by atoms with Crippen LogP contribution >= 0.6 is 0 Å². The predicted molar refractivity (Wildman–Crippen MR) is 103 cm³/mol. The van der Waals surface area contributed by atoms with Crippen molar-refractivity contribution in [2.45, 2.75) is 19.8 Å². The van der Waals surface area contributed by atoms with E-state index in [0.29, 0.717) is 34.6 Å². The molecule has 0 aliphatic heterocycles. The van der Waals surface area contributed by atoms with Gasteiger partial charge in [0.05, 0.1) is 29.6 Å². The summed E-state index contributed by atoms with van der Waals surface area (Å²) in [4.78, 5) is 25.2. The number of aromatic nitrogens is 2. The number of hydrogen-bond acceptors (Lipinski definition) is 4. The van der Waals surface area contributed by atoms with Gasteiger partial charge in [-0.3, -0.25) is 14.7 Å². The van der Waals surface area contributed by atoms with Crippen molar-refractivity contribution < 1.29 is 14.3 Å². The van der Waals surface area contributed by atoms with Gasteiger partial charge in [0.2, 0.25) is 5.91 Å². The first-order chi connectivity index (χ1) is 13.1. The number of amides is 1. The largest absolute Gasteiger partial charge is 0.497 e. The molecule has 0 unspecified atom stereocenters. The van der Waals surface area contributed by atoms with Crippen LogP contribution in [0.1, 0.15) is 35.7 Å². The molecule has 1 amide bonds. The molecular weight excluding hydrogens is 342 g/mol. The molecule has 2 N–H and O–H groups in total. The van der Waals surface area contributed by atoms with Crippen molar-refractivity contribution in [1.82, 2.24) is 10.2 Å². The van der Waals surface area contributed by atoms with Crippen LogP contribution in [0.3, 0.4) is 0 Å². The topological polar surface area (TPSA) is 84.1 Å². The molecule has 1 aliphatic carbocycles. The highest BCUT2D eigenvalue weighted by atomic mass is 16.5. The summed E-state index contributed by atoms with van der Waals surface area (Å²) in [7, 11) is 1.61. The van der Waals surface area contributed by atoms with Crippen molar-refractivity contribution >= 4 is 17.4 Å². The van der Waals surface area contributed by atoms with Crippen molar-refractivity contribution in [3.05, 3.63) is 53.6 Å². The zero-order chi connectivity index (χ0) is 19.0. The van der Waals surface area contributed by atoms with Crippen LogP contribution in [0.25, 0.3) is 22.5 Å². The summed E-state index contributed by atoms with van der Waals surface area (Å²) in [5, 5.41) is 10.2. The van der Waals surface area contributed by atoms with E-state index in [4.69, 9.17) is 4.74 Å². The monoisotopic (exact) mass is 361 g/mol. The van der Waals surface area contributed by atoms with Crippen LogP contribution in [0.5, 0.6) is 5.75 Å². The van der Waals surface area contributed by atoms with Crippen LogP contribution in [0, 0.1) is 0 Å². The van der Waals surface area contributed by atoms with Crippen LogP contribution in [-0.2, 0) is 4.79 Å². The second-order valence-electron chi connectivity index (χ2n) is 6.41. The fraction of sp³-hybridized carbons (Fsp3) is 0.190. The highest BCUT2D eigenvalue weighted by molar-refractivity contribution is 6.26. The smallest absolute Gasteiger partial charge is 0.224 e. The maximum Gasteiger partial charge on any atom is 0.224 e. The second kappa shape index (κ2) is 6.72. The molecule has 0 saturated heterocycles. The van der Waals surface area contributed by atoms with E-state index < -0.39 is 0 Å². The van der Waals surface area contributed by atoms with Crippen molar-refractivity contribution in [2.75, 3.05) is 12.4 Å². The molecule has 27 heavy (non-hydrogen) atoms. The minimum absolute atomic E-state index is 0.0971. The van der Waals surface area contributed by atoms with E-state index in [1.807, 2.05) is 43.3 Å². The quantitative estimate of drug-likeness (QED) is 0.562. The number of carbonyl (C=O) groups is 2. The minimum atomic E-state index is -0.132. The van der Waals surface area contributed by atoms with Gasteiger partial charge < -0.3 is 10.1 Å². The molecule has 0 atom stereocenters. The van der Waals surface area contributed by atoms with Crippen LogP contribution < -0.4 is 10.1 Å². The van der Waals surface area contributed by atoms with E-state index in [1.165, 1.54) is 0 Å². The minimum Gasteiger partial charge on any atom is -0.497 e. The summed E-state index contributed by atoms with van der Waals surface area (Å²) >= 11 is 0. The molecule has 0 spiro atoms. The summed E-state index contributed by atoms with van der Waals surface area (Å²) in [5.41, 5.74) is 4.44. The van der Waals surface area contributed by atoms with Crippen LogP contribution in [0.4, 0.5) is 5.69 Å². The highest BCUT2D eigenvalue weighted by Gasteiger charge is 2.35. The fourth-order valence-corrected chi connectivity index (χ4v) is 3.39. The standard InChI is InChI=1S/C21H19N3O3/c1-3-5-16(25)22-15-7-4-6-14-17(15)21(26)18-19(23-24-20(14)18)12-8-10-13(27-2)11-9-12/h4,6-11H,3,5H2,1-2H3,(H,22,25)(H,23,24). The number of anilines is 1. The zero-order valence-electron chi connectivity index (χ0n) is 15.1. The maximum absolute atomic E-state index is 13.2. The number of fused-ring (bicyclic) bond motifs is 3. The van der Waals surface area contributed by atoms with Gasteiger partial charge in [0.25, 0.3) is 0 Å². The van der Waals surface area contributed by atoms with Gasteiger partial charge in [0, 0.05) is 17.5 Å². The van der Waals surface area contributed by atoms with Crippen molar-refractivity contribution in [1.29, 1.82) is 0 Å². The molecular formula is C21H19N3O3. The average Bonchev–Trinajstić information content (AvgIpc) is 3.23. The van der Waals surface area contributed by atoms with Crippen LogP contribution in [0.2, 0.25) is 0 Å². The van der Waals surface area contributed by atoms with E-state index in [9.17, 15) is 9.59 Å². The SMILES string of the molecule is CCCC(=O)Nc1cccc2c1C(=O)c1c-2n[nH]c1-c1ccc(OC)cc1. The number of ether oxygens (including phenoxy) is 1. The summed E-state index contributed by atoms with van der Waals surface area (Å²) in [6.07, 6.45) is 1.17. The molecule has 0 radical (unpaired) electrons. The molecule has 0 saturated carbocycles. The Kier molecular flexibility index (Phi) is 4.24. The number of ketones is 1. The van der Waals surface area contributed by atoms with E-state index in [0.717, 1.165) is 23.3 Å². The number of hydrogen-bond donors (Lipinski definition) is 2. The van der Waals surface area contributed by atoms with Gasteiger partial charge in [0.1, 0.15) is 11.4 Å². The Bertz CT molecular complexity index is 1040. The first kappa shape index (κ1) is 17.0. The van der Waals surface area contributed by atoms with Crippen molar-refractivity contribution in [2.24, 2.45) is 0 Å². The second-order valence-corrected chi connectivity index (χ2v) is 6.41. The third kappa shape index (κ3) is 2.79. The molecule has 1 aromatic heterocycles. The number of nitrogens with one attached hydrogen (secondary N) is 2. The van der Waals surface area contributed by atoms with Crippen LogP contribution in [0.15, 0.2) is 42.5 Å². The Morgan fingerprint density at radius 3 is 2.63 bits per heavy atom. The van der Waals surface area contributed by atoms with Crippen molar-refractivity contribution in [3.63, 3.8) is 0 Å². The number of carbonyl (C=O) groups excluding carboxylic acids is 2. The normalized spacial score (nSPS) is 11.9. The lowest BCUT2D eigenvalue weighted by Gasteiger charge is -2.09. The summed E-state index contributed by atoms with van der Waals surface area (Å²) < 4.78 is 5.19. The molecule has 4 rings (SSSR count). The number of aromatic amines is 1. The molecule has 0 bridgehead atoms. The maximum atomic E-state index is 13.2. The summed E-state index contributed by atoms with van der Waals surface area (Å²) in [5.74, 6) is 0.512. The molecule has 1 heterocycles. The lowest BCUT2D eigenvalue weighted by atomic mass is 10.0. The third-order valence-corrected chi connectivity index (χ3v) is 4.67. The Hall–Kier alpha value is -3.41. The van der Waals surface area contributed by atoms with Gasteiger partial charge in [-0.1, -0.05) is 19.1 Å². The molecule has 3 aromatic rings. The predicted octanol–water partition coefficient (Wildman–Crippen LogP) is 4.04. The molecule has 136 valence electrons. The number of nitrogens with zero attached hydrogens (tertiary/aromatic N) is 1. The van der Waals surface area contributed by atoms with Gasteiger partial charge in [-0.25, -0.2) is 0 Å². The van der Waals surface area contributed by atoms with E-state index in [2.05, 4.69) is 15.5 Å². The molecule has 0 fully saturated rings. The average molecular weight is 361 g/mol. The number of benzene rings is 2. The number of methoxy groups -OCH3 is 1. The summed E-state index contributed by atoms with van der Waals surface area (Å²) in [6.45, 7) is 1.94. The molecule has 6 heteroatoms. The molecule has 2 aromatic carbocycles. The first-order valence-electron chi connectivity index (χ1n) is 8.84.